The zero-order valence-corrected chi connectivity index (χ0v) is 14.8. The number of nitrogens with one attached hydrogen (secondary N) is 3. The Hall–Kier alpha value is -3.15. The van der Waals surface area contributed by atoms with Crippen molar-refractivity contribution in [2.24, 2.45) is 0 Å². The van der Waals surface area contributed by atoms with E-state index in [9.17, 15) is 9.59 Å². The van der Waals surface area contributed by atoms with E-state index in [0.29, 0.717) is 12.0 Å². The summed E-state index contributed by atoms with van der Waals surface area (Å²) in [6.07, 6.45) is 5.37. The van der Waals surface area contributed by atoms with Crippen molar-refractivity contribution >= 4 is 22.7 Å². The molecule has 6 heteroatoms. The van der Waals surface area contributed by atoms with Crippen molar-refractivity contribution in [2.75, 3.05) is 0 Å². The van der Waals surface area contributed by atoms with Crippen LogP contribution in [0.3, 0.4) is 0 Å². The minimum Gasteiger partial charge on any atom is -0.361 e. The Labute approximate surface area is 152 Å². The first-order valence-corrected chi connectivity index (χ1v) is 8.61. The van der Waals surface area contributed by atoms with Crippen molar-refractivity contribution in [1.82, 2.24) is 20.6 Å². The van der Waals surface area contributed by atoms with Crippen molar-refractivity contribution < 1.29 is 9.59 Å². The second-order valence-corrected chi connectivity index (χ2v) is 6.49. The molecule has 0 unspecified atom stereocenters. The Balaban J connectivity index is 1.83. The third kappa shape index (κ3) is 4.08. The van der Waals surface area contributed by atoms with Gasteiger partial charge in [-0.1, -0.05) is 18.2 Å². The number of carbonyl (C=O) groups is 2. The van der Waals surface area contributed by atoms with Gasteiger partial charge >= 0.3 is 0 Å². The topological polar surface area (TPSA) is 86.9 Å². The molecule has 3 N–H and O–H groups in total. The van der Waals surface area contributed by atoms with Crippen LogP contribution in [0, 0.1) is 0 Å². The number of carbonyl (C=O) groups excluding carboxylic acids is 2. The Morgan fingerprint density at radius 1 is 1.12 bits per heavy atom. The lowest BCUT2D eigenvalue weighted by molar-refractivity contribution is -0.123. The van der Waals surface area contributed by atoms with Crippen LogP contribution < -0.4 is 10.6 Å². The van der Waals surface area contributed by atoms with Gasteiger partial charge in [-0.3, -0.25) is 14.6 Å². The molecule has 0 aliphatic rings. The van der Waals surface area contributed by atoms with Crippen LogP contribution in [0.15, 0.2) is 55.0 Å². The maximum Gasteiger partial charge on any atom is 0.253 e. The number of benzene rings is 1. The molecule has 0 saturated heterocycles. The first kappa shape index (κ1) is 17.7. The van der Waals surface area contributed by atoms with Gasteiger partial charge in [0, 0.05) is 42.0 Å². The summed E-state index contributed by atoms with van der Waals surface area (Å²) in [5, 5.41) is 6.76. The van der Waals surface area contributed by atoms with Gasteiger partial charge in [0.1, 0.15) is 6.04 Å². The summed E-state index contributed by atoms with van der Waals surface area (Å²) in [5.74, 6) is -0.524. The Morgan fingerprint density at radius 3 is 2.65 bits per heavy atom. The van der Waals surface area contributed by atoms with Gasteiger partial charge in [-0.05, 0) is 37.6 Å². The monoisotopic (exact) mass is 350 g/mol. The highest BCUT2D eigenvalue weighted by Gasteiger charge is 2.23. The van der Waals surface area contributed by atoms with Gasteiger partial charge in [0.05, 0.1) is 5.56 Å². The fourth-order valence-corrected chi connectivity index (χ4v) is 2.85. The van der Waals surface area contributed by atoms with Crippen LogP contribution in [0.4, 0.5) is 0 Å². The standard InChI is InChI=1S/C20H22N4O2/c1-13(2)23-20(26)18(24-19(25)14-6-5-9-21-11-14)10-15-12-22-17-8-4-3-7-16(15)17/h3-9,11-13,18,22H,10H2,1-2H3,(H,23,26)(H,24,25)/t18-/m0/s1. The third-order valence-corrected chi connectivity index (χ3v) is 4.08. The number of para-hydroxylation sites is 1. The molecule has 0 aliphatic heterocycles. The minimum absolute atomic E-state index is 0.0109. The summed E-state index contributed by atoms with van der Waals surface area (Å²) in [6, 6.07) is 10.6. The van der Waals surface area contributed by atoms with E-state index >= 15 is 0 Å². The molecule has 0 spiro atoms. The van der Waals surface area contributed by atoms with Gasteiger partial charge in [-0.25, -0.2) is 0 Å². The van der Waals surface area contributed by atoms with E-state index in [-0.39, 0.29) is 17.9 Å². The summed E-state index contributed by atoms with van der Waals surface area (Å²) in [5.41, 5.74) is 2.41. The van der Waals surface area contributed by atoms with E-state index in [4.69, 9.17) is 0 Å². The zero-order chi connectivity index (χ0) is 18.5. The molecule has 6 nitrogen and oxygen atoms in total. The van der Waals surface area contributed by atoms with E-state index in [1.54, 1.807) is 18.3 Å². The van der Waals surface area contributed by atoms with Crippen molar-refractivity contribution in [3.63, 3.8) is 0 Å². The normalized spacial score (nSPS) is 12.1. The summed E-state index contributed by atoms with van der Waals surface area (Å²) in [6.45, 7) is 3.78. The van der Waals surface area contributed by atoms with Crippen molar-refractivity contribution in [3.8, 4) is 0 Å². The number of pyridine rings is 1. The van der Waals surface area contributed by atoms with Gasteiger partial charge in [-0.2, -0.15) is 0 Å². The molecule has 2 aromatic heterocycles. The average Bonchev–Trinajstić information content (AvgIpc) is 3.04. The molecule has 0 radical (unpaired) electrons. The first-order chi connectivity index (χ1) is 12.5. The quantitative estimate of drug-likeness (QED) is 0.638. The Kier molecular flexibility index (Phi) is 5.31. The molecule has 26 heavy (non-hydrogen) atoms. The molecule has 134 valence electrons. The fraction of sp³-hybridized carbons (Fsp3) is 0.250. The second-order valence-electron chi connectivity index (χ2n) is 6.49. The molecule has 0 saturated carbocycles. The number of hydrogen-bond acceptors (Lipinski definition) is 3. The van der Waals surface area contributed by atoms with Crippen molar-refractivity contribution in [3.05, 3.63) is 66.1 Å². The number of amides is 2. The maximum absolute atomic E-state index is 12.6. The van der Waals surface area contributed by atoms with Gasteiger partial charge < -0.3 is 15.6 Å². The van der Waals surface area contributed by atoms with Gasteiger partial charge in [0.25, 0.3) is 5.91 Å². The van der Waals surface area contributed by atoms with Gasteiger partial charge in [0.15, 0.2) is 0 Å². The van der Waals surface area contributed by atoms with Gasteiger partial charge in [-0.15, -0.1) is 0 Å². The number of aromatic nitrogens is 2. The molecule has 2 amide bonds. The lowest BCUT2D eigenvalue weighted by Crippen LogP contribution is -2.49. The van der Waals surface area contributed by atoms with E-state index in [1.807, 2.05) is 44.3 Å². The summed E-state index contributed by atoms with van der Waals surface area (Å²) in [7, 11) is 0. The van der Waals surface area contributed by atoms with Gasteiger partial charge in [0.2, 0.25) is 5.91 Å². The van der Waals surface area contributed by atoms with Crippen LogP contribution in [-0.2, 0) is 11.2 Å². The van der Waals surface area contributed by atoms with Crippen LogP contribution in [0.1, 0.15) is 29.8 Å². The van der Waals surface area contributed by atoms with Crippen LogP contribution >= 0.6 is 0 Å². The SMILES string of the molecule is CC(C)NC(=O)[C@H](Cc1c[nH]c2ccccc12)NC(=O)c1cccnc1. The predicted octanol–water partition coefficient (Wildman–Crippen LogP) is 2.43. The highest BCUT2D eigenvalue weighted by Crippen LogP contribution is 2.19. The molecule has 3 aromatic rings. The Morgan fingerprint density at radius 2 is 1.92 bits per heavy atom. The maximum atomic E-state index is 12.6. The molecular formula is C20H22N4O2. The molecule has 1 atom stereocenters. The highest BCUT2D eigenvalue weighted by molar-refractivity contribution is 5.97. The van der Waals surface area contributed by atoms with Crippen LogP contribution in [0.5, 0.6) is 0 Å². The lowest BCUT2D eigenvalue weighted by atomic mass is 10.0. The number of rotatable bonds is 6. The molecule has 0 bridgehead atoms. The second kappa shape index (κ2) is 7.82. The van der Waals surface area contributed by atoms with Crippen molar-refractivity contribution in [2.45, 2.75) is 32.4 Å². The largest absolute Gasteiger partial charge is 0.361 e. The summed E-state index contributed by atoms with van der Waals surface area (Å²) < 4.78 is 0. The van der Waals surface area contributed by atoms with Crippen LogP contribution in [0.25, 0.3) is 10.9 Å². The van der Waals surface area contributed by atoms with E-state index in [2.05, 4.69) is 20.6 Å². The number of nitrogens with zero attached hydrogens (tertiary/aromatic N) is 1. The summed E-state index contributed by atoms with van der Waals surface area (Å²) >= 11 is 0. The third-order valence-electron chi connectivity index (χ3n) is 4.08. The van der Waals surface area contributed by atoms with E-state index in [0.717, 1.165) is 16.5 Å². The smallest absolute Gasteiger partial charge is 0.253 e. The van der Waals surface area contributed by atoms with Crippen molar-refractivity contribution in [1.29, 1.82) is 0 Å². The number of aromatic amines is 1. The summed E-state index contributed by atoms with van der Waals surface area (Å²) in [4.78, 5) is 32.3. The fourth-order valence-electron chi connectivity index (χ4n) is 2.85. The number of fused-ring (bicyclic) bond motifs is 1. The first-order valence-electron chi connectivity index (χ1n) is 8.61. The molecule has 3 rings (SSSR count). The predicted molar refractivity (Wildman–Crippen MR) is 101 cm³/mol. The van der Waals surface area contributed by atoms with Crippen LogP contribution in [0.2, 0.25) is 0 Å². The number of H-pyrrole nitrogens is 1. The minimum atomic E-state index is -0.677. The molecule has 0 aliphatic carbocycles. The highest BCUT2D eigenvalue weighted by atomic mass is 16.2. The van der Waals surface area contributed by atoms with E-state index in [1.165, 1.54) is 6.20 Å². The average molecular weight is 350 g/mol. The molecule has 2 heterocycles. The Bertz CT molecular complexity index is 902. The lowest BCUT2D eigenvalue weighted by Gasteiger charge is -2.20. The molecule has 0 fully saturated rings. The molecular weight excluding hydrogens is 328 g/mol. The zero-order valence-electron chi connectivity index (χ0n) is 14.8. The number of hydrogen-bond donors (Lipinski definition) is 3. The molecule has 1 aromatic carbocycles. The van der Waals surface area contributed by atoms with Crippen LogP contribution in [-0.4, -0.2) is 33.9 Å². The van der Waals surface area contributed by atoms with E-state index < -0.39 is 6.04 Å².